The Balaban J connectivity index is 4.28. The van der Waals surface area contributed by atoms with Crippen LogP contribution in [0, 0.1) is 0 Å². The van der Waals surface area contributed by atoms with Crippen LogP contribution in [0.3, 0.4) is 0 Å². The zero-order valence-corrected chi connectivity index (χ0v) is 39.0. The molecule has 0 aliphatic rings. The van der Waals surface area contributed by atoms with Crippen molar-refractivity contribution in [1.82, 2.24) is 0 Å². The molecule has 59 heavy (non-hydrogen) atoms. The van der Waals surface area contributed by atoms with Gasteiger partial charge in [0.15, 0.2) is 12.1 Å². The molecular weight excluding hydrogens is 739 g/mol. The van der Waals surface area contributed by atoms with E-state index in [1.807, 2.05) is 21.1 Å². The van der Waals surface area contributed by atoms with Crippen molar-refractivity contribution in [2.45, 2.75) is 219 Å². The van der Waals surface area contributed by atoms with Gasteiger partial charge in [0.05, 0.1) is 34.4 Å². The minimum Gasteiger partial charge on any atom is -0.477 e. The van der Waals surface area contributed by atoms with Gasteiger partial charge >= 0.3 is 17.9 Å². The van der Waals surface area contributed by atoms with Crippen molar-refractivity contribution < 1.29 is 38.2 Å². The Labute approximate surface area is 363 Å². The summed E-state index contributed by atoms with van der Waals surface area (Å²) in [5, 5.41) is 9.64. The van der Waals surface area contributed by atoms with Crippen LogP contribution in [0.2, 0.25) is 0 Å². The summed E-state index contributed by atoms with van der Waals surface area (Å²) in [6, 6.07) is -0.616. The van der Waals surface area contributed by atoms with Gasteiger partial charge in [-0.05, 0) is 70.6 Å². The van der Waals surface area contributed by atoms with E-state index in [0.29, 0.717) is 19.3 Å². The number of hydrogen-bond acceptors (Lipinski definition) is 6. The first kappa shape index (κ1) is 56.3. The molecule has 0 heterocycles. The Kier molecular flexibility index (Phi) is 40.1. The van der Waals surface area contributed by atoms with E-state index in [1.165, 1.54) is 116 Å². The van der Waals surface area contributed by atoms with Crippen LogP contribution in [0.25, 0.3) is 0 Å². The van der Waals surface area contributed by atoms with Gasteiger partial charge in [-0.15, -0.1) is 0 Å². The number of carboxylic acids is 1. The number of allylic oxidation sites excluding steroid dienone is 8. The van der Waals surface area contributed by atoms with Crippen LogP contribution in [0.5, 0.6) is 0 Å². The quantitative estimate of drug-likeness (QED) is 0.0283. The van der Waals surface area contributed by atoms with Gasteiger partial charge in [-0.1, -0.05) is 165 Å². The number of carbonyl (C=O) groups is 3. The van der Waals surface area contributed by atoms with Gasteiger partial charge in [0, 0.05) is 19.3 Å². The molecule has 0 amide bonds. The fraction of sp³-hybridized carbons (Fsp3) is 0.784. The van der Waals surface area contributed by atoms with E-state index in [-0.39, 0.29) is 36.2 Å². The second kappa shape index (κ2) is 42.0. The Hall–Kier alpha value is -2.71. The molecule has 0 aromatic rings. The molecular formula is C51H92NO7+. The number of ether oxygens (including phenoxy) is 3. The molecule has 0 bridgehead atoms. The molecule has 0 aliphatic heterocycles. The minimum absolute atomic E-state index is 0.0544. The van der Waals surface area contributed by atoms with Gasteiger partial charge in [-0.2, -0.15) is 0 Å². The molecule has 0 radical (unpaired) electrons. The van der Waals surface area contributed by atoms with Crippen LogP contribution in [-0.4, -0.2) is 80.6 Å². The number of unbranched alkanes of at least 4 members (excludes halogenated alkanes) is 21. The Morgan fingerprint density at radius 3 is 1.42 bits per heavy atom. The van der Waals surface area contributed by atoms with Crippen LogP contribution in [0.1, 0.15) is 206 Å². The van der Waals surface area contributed by atoms with Crippen molar-refractivity contribution in [3.8, 4) is 0 Å². The monoisotopic (exact) mass is 831 g/mol. The predicted octanol–water partition coefficient (Wildman–Crippen LogP) is 13.6. The molecule has 8 nitrogen and oxygen atoms in total. The summed E-state index contributed by atoms with van der Waals surface area (Å²) in [7, 11) is 5.53. The van der Waals surface area contributed by atoms with Gasteiger partial charge in [0.2, 0.25) is 0 Å². The van der Waals surface area contributed by atoms with Crippen molar-refractivity contribution in [2.24, 2.45) is 0 Å². The van der Waals surface area contributed by atoms with Crippen molar-refractivity contribution >= 4 is 17.9 Å². The van der Waals surface area contributed by atoms with Crippen molar-refractivity contribution in [2.75, 3.05) is 41.0 Å². The smallest absolute Gasteiger partial charge is 0.362 e. The zero-order valence-electron chi connectivity index (χ0n) is 39.0. The van der Waals surface area contributed by atoms with Crippen molar-refractivity contribution in [3.05, 3.63) is 48.6 Å². The fourth-order valence-electron chi connectivity index (χ4n) is 6.98. The number of carbonyl (C=O) groups excluding carboxylic acids is 2. The number of likely N-dealkylation sites (N-methyl/N-ethyl adjacent to an activating group) is 1. The number of quaternary nitrogens is 1. The summed E-state index contributed by atoms with van der Waals surface area (Å²) in [6.07, 6.45) is 50.1. The molecule has 0 saturated heterocycles. The summed E-state index contributed by atoms with van der Waals surface area (Å²) < 4.78 is 17.3. The maximum atomic E-state index is 12.8. The van der Waals surface area contributed by atoms with Crippen LogP contribution >= 0.6 is 0 Å². The lowest BCUT2D eigenvalue weighted by molar-refractivity contribution is -0.887. The number of hydrogen-bond donors (Lipinski definition) is 1. The minimum atomic E-state index is -0.876. The van der Waals surface area contributed by atoms with Crippen LogP contribution < -0.4 is 0 Å². The highest BCUT2D eigenvalue weighted by Crippen LogP contribution is 2.15. The van der Waals surface area contributed by atoms with E-state index < -0.39 is 18.1 Å². The Morgan fingerprint density at radius 2 is 0.949 bits per heavy atom. The van der Waals surface area contributed by atoms with Crippen molar-refractivity contribution in [1.29, 1.82) is 0 Å². The molecule has 8 heteroatoms. The molecule has 2 atom stereocenters. The molecule has 2 unspecified atom stereocenters. The summed E-state index contributed by atoms with van der Waals surface area (Å²) in [6.45, 7) is 4.62. The number of aliphatic carboxylic acids is 1. The summed E-state index contributed by atoms with van der Waals surface area (Å²) >= 11 is 0. The lowest BCUT2D eigenvalue weighted by atomic mass is 10.0. The Bertz CT molecular complexity index is 1110. The summed E-state index contributed by atoms with van der Waals surface area (Å²) in [5.74, 6) is -1.47. The number of carboxylic acid groups (broad SMARTS) is 1. The zero-order chi connectivity index (χ0) is 43.5. The lowest BCUT2D eigenvalue weighted by Gasteiger charge is -2.31. The van der Waals surface area contributed by atoms with E-state index >= 15 is 0 Å². The normalized spacial score (nSPS) is 13.3. The Morgan fingerprint density at radius 1 is 0.525 bits per heavy atom. The largest absolute Gasteiger partial charge is 0.477 e. The standard InChI is InChI=1S/C51H91NO7/c1-6-8-10-12-14-16-18-20-22-23-24-25-26-28-30-32-34-36-38-40-42-50(54)59-47(45-57-44-43-48(51(55)56)52(3,4)5)46-58-49(53)41-39-37-35-33-31-29-27-21-19-17-15-13-11-9-7-2/h8,10,14,16-17,19-20,22,47-48H,6-7,9,11-13,15,18,21,23-46H2,1-5H3/p+1/b10-8+,16-14+,19-17+,22-20+. The molecule has 0 aromatic heterocycles. The summed E-state index contributed by atoms with van der Waals surface area (Å²) in [4.78, 5) is 37.1. The van der Waals surface area contributed by atoms with Gasteiger partial charge in [-0.3, -0.25) is 9.59 Å². The maximum absolute atomic E-state index is 12.8. The van der Waals surface area contributed by atoms with E-state index in [2.05, 4.69) is 62.5 Å². The molecule has 0 spiro atoms. The highest BCUT2D eigenvalue weighted by atomic mass is 16.6. The van der Waals surface area contributed by atoms with Crippen molar-refractivity contribution in [3.63, 3.8) is 0 Å². The molecule has 0 aromatic carbocycles. The van der Waals surface area contributed by atoms with Crippen LogP contribution in [0.4, 0.5) is 0 Å². The highest BCUT2D eigenvalue weighted by molar-refractivity contribution is 5.72. The van der Waals surface area contributed by atoms with E-state index in [4.69, 9.17) is 14.2 Å². The molecule has 0 saturated carbocycles. The summed E-state index contributed by atoms with van der Waals surface area (Å²) in [5.41, 5.74) is 0. The van der Waals surface area contributed by atoms with Gasteiger partial charge in [0.25, 0.3) is 0 Å². The third-order valence-corrected chi connectivity index (χ3v) is 10.7. The van der Waals surface area contributed by atoms with Gasteiger partial charge < -0.3 is 23.8 Å². The highest BCUT2D eigenvalue weighted by Gasteiger charge is 2.31. The number of nitrogens with zero attached hydrogens (tertiary/aromatic N) is 1. The first-order valence-corrected chi connectivity index (χ1v) is 24.2. The average molecular weight is 831 g/mol. The molecule has 1 N–H and O–H groups in total. The second-order valence-corrected chi connectivity index (χ2v) is 17.3. The van der Waals surface area contributed by atoms with E-state index in [1.54, 1.807) is 0 Å². The SMILES string of the molecule is CC/C=C/C/C=C/C/C=C/CCCCCCCCCCCCC(=O)OC(COCCC(C(=O)O)[N+](C)(C)C)COC(=O)CCCCCCCCC/C=C/CCCCCC. The molecule has 0 fully saturated rings. The fourth-order valence-corrected chi connectivity index (χ4v) is 6.98. The third-order valence-electron chi connectivity index (χ3n) is 10.7. The third kappa shape index (κ3) is 40.5. The number of esters is 2. The first-order chi connectivity index (χ1) is 28.6. The predicted molar refractivity (Wildman–Crippen MR) is 248 cm³/mol. The molecule has 0 aliphatic carbocycles. The van der Waals surface area contributed by atoms with E-state index in [9.17, 15) is 19.5 Å². The molecule has 342 valence electrons. The topological polar surface area (TPSA) is 99.1 Å². The number of rotatable bonds is 43. The molecule has 0 rings (SSSR count). The van der Waals surface area contributed by atoms with Crippen LogP contribution in [0.15, 0.2) is 48.6 Å². The lowest BCUT2D eigenvalue weighted by Crippen LogP contribution is -2.50. The van der Waals surface area contributed by atoms with Gasteiger partial charge in [-0.25, -0.2) is 4.79 Å². The van der Waals surface area contributed by atoms with Gasteiger partial charge in [0.1, 0.15) is 6.61 Å². The second-order valence-electron chi connectivity index (χ2n) is 17.3. The average Bonchev–Trinajstić information content (AvgIpc) is 3.19. The van der Waals surface area contributed by atoms with Crippen LogP contribution in [-0.2, 0) is 28.6 Å². The first-order valence-electron chi connectivity index (χ1n) is 24.2. The van der Waals surface area contributed by atoms with E-state index in [0.717, 1.165) is 57.8 Å². The maximum Gasteiger partial charge on any atom is 0.362 e.